The zero-order valence-corrected chi connectivity index (χ0v) is 17.1. The molecule has 0 aliphatic carbocycles. The summed E-state index contributed by atoms with van der Waals surface area (Å²) in [4.78, 5) is 27.5. The maximum absolute atomic E-state index is 13.0. The van der Waals surface area contributed by atoms with E-state index in [1.165, 1.54) is 0 Å². The minimum atomic E-state index is -0.493. The highest BCUT2D eigenvalue weighted by Gasteiger charge is 2.37. The van der Waals surface area contributed by atoms with Crippen LogP contribution in [0.5, 0.6) is 0 Å². The molecule has 1 aliphatic rings. The van der Waals surface area contributed by atoms with Crippen LogP contribution in [0.25, 0.3) is 0 Å². The molecule has 0 saturated carbocycles. The van der Waals surface area contributed by atoms with E-state index in [4.69, 9.17) is 5.73 Å². The van der Waals surface area contributed by atoms with Crippen molar-refractivity contribution in [1.82, 2.24) is 10.2 Å². The van der Waals surface area contributed by atoms with Crippen LogP contribution in [-0.2, 0) is 4.79 Å². The van der Waals surface area contributed by atoms with E-state index in [1.807, 2.05) is 30.0 Å². The van der Waals surface area contributed by atoms with E-state index in [9.17, 15) is 9.59 Å². The summed E-state index contributed by atoms with van der Waals surface area (Å²) < 4.78 is 0. The first-order valence-electron chi connectivity index (χ1n) is 9.11. The third-order valence-electron chi connectivity index (χ3n) is 5.06. The molecule has 1 aliphatic heterocycles. The van der Waals surface area contributed by atoms with Crippen LogP contribution in [0.4, 0.5) is 0 Å². The largest absolute Gasteiger partial charge is 0.340 e. The first-order valence-corrected chi connectivity index (χ1v) is 9.11. The van der Waals surface area contributed by atoms with Crippen molar-refractivity contribution in [2.45, 2.75) is 46.6 Å². The Morgan fingerprint density at radius 2 is 1.96 bits per heavy atom. The number of nitrogens with zero attached hydrogens (tertiary/aromatic N) is 1. The lowest BCUT2D eigenvalue weighted by Crippen LogP contribution is -2.49. The molecule has 2 rings (SSSR count). The number of carbonyl (C=O) groups excluding carboxylic acids is 2. The van der Waals surface area contributed by atoms with Gasteiger partial charge in [-0.2, -0.15) is 0 Å². The van der Waals surface area contributed by atoms with Crippen LogP contribution in [0.3, 0.4) is 0 Å². The highest BCUT2D eigenvalue weighted by atomic mass is 35.5. The van der Waals surface area contributed by atoms with Crippen molar-refractivity contribution < 1.29 is 9.59 Å². The summed E-state index contributed by atoms with van der Waals surface area (Å²) in [7, 11) is 0. The van der Waals surface area contributed by atoms with Crippen LogP contribution < -0.4 is 11.1 Å². The van der Waals surface area contributed by atoms with E-state index in [-0.39, 0.29) is 29.6 Å². The SMILES string of the molecule is Cc1ccccc1C(=O)NC(CC(C)C)C(=O)N1CCC(C)(CN)C1.Cl. The van der Waals surface area contributed by atoms with Crippen molar-refractivity contribution in [2.24, 2.45) is 17.1 Å². The number of halogens is 1. The molecule has 6 heteroatoms. The molecule has 0 radical (unpaired) electrons. The molecule has 26 heavy (non-hydrogen) atoms. The predicted molar refractivity (Wildman–Crippen MR) is 107 cm³/mol. The van der Waals surface area contributed by atoms with Crippen LogP contribution in [0.1, 0.15) is 49.5 Å². The smallest absolute Gasteiger partial charge is 0.252 e. The van der Waals surface area contributed by atoms with E-state index in [0.717, 1.165) is 12.0 Å². The van der Waals surface area contributed by atoms with E-state index in [2.05, 4.69) is 26.1 Å². The fourth-order valence-electron chi connectivity index (χ4n) is 3.36. The number of rotatable bonds is 6. The average Bonchev–Trinajstić information content (AvgIpc) is 2.96. The summed E-state index contributed by atoms with van der Waals surface area (Å²) in [6.07, 6.45) is 1.54. The van der Waals surface area contributed by atoms with E-state index in [1.54, 1.807) is 6.07 Å². The monoisotopic (exact) mass is 381 g/mol. The Kier molecular flexibility index (Phi) is 8.10. The first-order chi connectivity index (χ1) is 11.8. The minimum Gasteiger partial charge on any atom is -0.340 e. The van der Waals surface area contributed by atoms with Crippen molar-refractivity contribution in [3.8, 4) is 0 Å². The molecule has 1 aromatic carbocycles. The van der Waals surface area contributed by atoms with Gasteiger partial charge in [-0.05, 0) is 49.3 Å². The van der Waals surface area contributed by atoms with Gasteiger partial charge in [0.1, 0.15) is 6.04 Å². The summed E-state index contributed by atoms with van der Waals surface area (Å²) in [6, 6.07) is 6.95. The number of hydrogen-bond acceptors (Lipinski definition) is 3. The highest BCUT2D eigenvalue weighted by Crippen LogP contribution is 2.29. The van der Waals surface area contributed by atoms with Crippen LogP contribution in [-0.4, -0.2) is 42.4 Å². The van der Waals surface area contributed by atoms with Crippen molar-refractivity contribution in [1.29, 1.82) is 0 Å². The second kappa shape index (κ2) is 9.38. The second-order valence-electron chi connectivity index (χ2n) is 8.00. The number of carbonyl (C=O) groups is 2. The summed E-state index contributed by atoms with van der Waals surface area (Å²) in [5.74, 6) is 0.139. The molecular formula is C20H32ClN3O2. The second-order valence-corrected chi connectivity index (χ2v) is 8.00. The van der Waals surface area contributed by atoms with Gasteiger partial charge in [-0.15, -0.1) is 12.4 Å². The van der Waals surface area contributed by atoms with Gasteiger partial charge in [0, 0.05) is 18.7 Å². The fourth-order valence-corrected chi connectivity index (χ4v) is 3.36. The lowest BCUT2D eigenvalue weighted by atomic mass is 9.90. The lowest BCUT2D eigenvalue weighted by Gasteiger charge is -2.27. The molecule has 0 spiro atoms. The maximum atomic E-state index is 13.0. The minimum absolute atomic E-state index is 0. The van der Waals surface area contributed by atoms with Gasteiger partial charge in [-0.25, -0.2) is 0 Å². The Morgan fingerprint density at radius 1 is 1.31 bits per heavy atom. The molecule has 1 fully saturated rings. The zero-order chi connectivity index (χ0) is 18.6. The maximum Gasteiger partial charge on any atom is 0.252 e. The van der Waals surface area contributed by atoms with Gasteiger partial charge in [0.15, 0.2) is 0 Å². The van der Waals surface area contributed by atoms with Gasteiger partial charge in [0.25, 0.3) is 5.91 Å². The highest BCUT2D eigenvalue weighted by molar-refractivity contribution is 5.98. The fraction of sp³-hybridized carbons (Fsp3) is 0.600. The number of benzene rings is 1. The number of aryl methyl sites for hydroxylation is 1. The van der Waals surface area contributed by atoms with Crippen LogP contribution in [0, 0.1) is 18.3 Å². The number of hydrogen-bond donors (Lipinski definition) is 2. The number of nitrogens with two attached hydrogens (primary N) is 1. The third kappa shape index (κ3) is 5.45. The molecule has 2 atom stereocenters. The normalized spacial score (nSPS) is 20.6. The molecular weight excluding hydrogens is 350 g/mol. The van der Waals surface area contributed by atoms with Crippen LogP contribution in [0.2, 0.25) is 0 Å². The van der Waals surface area contributed by atoms with E-state index >= 15 is 0 Å². The quantitative estimate of drug-likeness (QED) is 0.795. The Bertz CT molecular complexity index is 635. The van der Waals surface area contributed by atoms with E-state index < -0.39 is 6.04 Å². The summed E-state index contributed by atoms with van der Waals surface area (Å²) in [5.41, 5.74) is 7.37. The molecule has 1 heterocycles. The Labute approximate surface area is 163 Å². The molecule has 2 unspecified atom stereocenters. The van der Waals surface area contributed by atoms with Crippen LogP contribution in [0.15, 0.2) is 24.3 Å². The van der Waals surface area contributed by atoms with Gasteiger partial charge in [-0.1, -0.05) is 39.0 Å². The lowest BCUT2D eigenvalue weighted by molar-refractivity contribution is -0.133. The topological polar surface area (TPSA) is 75.4 Å². The Morgan fingerprint density at radius 3 is 2.50 bits per heavy atom. The molecule has 3 N–H and O–H groups in total. The molecule has 0 aromatic heterocycles. The standard InChI is InChI=1S/C20H31N3O2.ClH/c1-14(2)11-17(19(25)23-10-9-20(4,12-21)13-23)22-18(24)16-8-6-5-7-15(16)3;/h5-8,14,17H,9-13,21H2,1-4H3,(H,22,24);1H. The molecule has 146 valence electrons. The van der Waals surface area contributed by atoms with Gasteiger partial charge in [0.2, 0.25) is 5.91 Å². The van der Waals surface area contributed by atoms with Gasteiger partial charge < -0.3 is 16.0 Å². The molecule has 2 amide bonds. The first kappa shape index (κ1) is 22.5. The van der Waals surface area contributed by atoms with Gasteiger partial charge >= 0.3 is 0 Å². The van der Waals surface area contributed by atoms with Crippen molar-refractivity contribution in [3.63, 3.8) is 0 Å². The van der Waals surface area contributed by atoms with Crippen molar-refractivity contribution >= 4 is 24.2 Å². The van der Waals surface area contributed by atoms with Crippen molar-refractivity contribution in [2.75, 3.05) is 19.6 Å². The summed E-state index contributed by atoms with van der Waals surface area (Å²) >= 11 is 0. The number of likely N-dealkylation sites (tertiary alicyclic amines) is 1. The van der Waals surface area contributed by atoms with Crippen LogP contribution >= 0.6 is 12.4 Å². The third-order valence-corrected chi connectivity index (χ3v) is 5.06. The Balaban J connectivity index is 0.00000338. The predicted octanol–water partition coefficient (Wildman–Crippen LogP) is 2.76. The average molecular weight is 382 g/mol. The number of nitrogens with one attached hydrogen (secondary N) is 1. The van der Waals surface area contributed by atoms with Crippen molar-refractivity contribution in [3.05, 3.63) is 35.4 Å². The summed E-state index contributed by atoms with van der Waals surface area (Å²) in [5, 5.41) is 2.97. The molecule has 5 nitrogen and oxygen atoms in total. The molecule has 1 aromatic rings. The molecule has 0 bridgehead atoms. The Hall–Kier alpha value is -1.59. The van der Waals surface area contributed by atoms with E-state index in [0.29, 0.717) is 37.5 Å². The number of amides is 2. The van der Waals surface area contributed by atoms with Gasteiger partial charge in [-0.3, -0.25) is 9.59 Å². The zero-order valence-electron chi connectivity index (χ0n) is 16.2. The summed E-state index contributed by atoms with van der Waals surface area (Å²) in [6.45, 7) is 10.1. The molecule has 1 saturated heterocycles. The van der Waals surface area contributed by atoms with Gasteiger partial charge in [0.05, 0.1) is 0 Å².